The van der Waals surface area contributed by atoms with Crippen LogP contribution in [0.15, 0.2) is 29.3 Å². The Balaban J connectivity index is 1.60. The second kappa shape index (κ2) is 8.61. The molecule has 0 saturated carbocycles. The van der Waals surface area contributed by atoms with Crippen molar-refractivity contribution in [1.29, 1.82) is 0 Å². The number of hydrogen-bond acceptors (Lipinski definition) is 6. The summed E-state index contributed by atoms with van der Waals surface area (Å²) in [5.74, 6) is -2.02. The summed E-state index contributed by atoms with van der Waals surface area (Å²) < 4.78 is 61.2. The van der Waals surface area contributed by atoms with Gasteiger partial charge in [-0.3, -0.25) is 9.59 Å². The number of rotatable bonds is 3. The standard InChI is InChI=1S/C28H25F4N3O5/c1-4-27(39)12(3)40-10-15-16(27)7-20-23-14(9-35(20)26(15)38)22-18(34-25(37)24(36)28(30,31)32)6-5-13-11(2)17(29)8-19(33-23)21(13)22/h7-8,18,24,36,39H,3-6,9-10H2,1-2H3,(H,34,37)/t18-,24-,27+/m0/s1. The van der Waals surface area contributed by atoms with Crippen molar-refractivity contribution in [2.45, 2.75) is 70.2 Å². The number of alkyl halides is 3. The van der Waals surface area contributed by atoms with Gasteiger partial charge in [0.1, 0.15) is 23.8 Å². The maximum atomic E-state index is 14.9. The van der Waals surface area contributed by atoms with Crippen LogP contribution in [-0.2, 0) is 34.7 Å². The van der Waals surface area contributed by atoms with E-state index in [1.165, 1.54) is 10.6 Å². The number of nitrogens with one attached hydrogen (secondary N) is 1. The van der Waals surface area contributed by atoms with Crippen molar-refractivity contribution < 1.29 is 37.3 Å². The van der Waals surface area contributed by atoms with Crippen molar-refractivity contribution >= 4 is 16.8 Å². The number of amides is 1. The van der Waals surface area contributed by atoms with Gasteiger partial charge in [0.25, 0.3) is 11.5 Å². The number of carbonyl (C=O) groups is 1. The van der Waals surface area contributed by atoms with Crippen LogP contribution in [0.2, 0.25) is 0 Å². The lowest BCUT2D eigenvalue weighted by atomic mass is 9.81. The average Bonchev–Trinajstić information content (AvgIpc) is 3.27. The normalized spacial score (nSPS) is 21.9. The summed E-state index contributed by atoms with van der Waals surface area (Å²) in [6.45, 7) is 7.00. The van der Waals surface area contributed by atoms with Gasteiger partial charge >= 0.3 is 6.18 Å². The highest BCUT2D eigenvalue weighted by molar-refractivity contribution is 5.93. The van der Waals surface area contributed by atoms with E-state index < -0.39 is 41.2 Å². The van der Waals surface area contributed by atoms with E-state index in [9.17, 15) is 37.4 Å². The van der Waals surface area contributed by atoms with Crippen LogP contribution in [0.1, 0.15) is 59.2 Å². The van der Waals surface area contributed by atoms with Gasteiger partial charge in [0.05, 0.1) is 35.1 Å². The van der Waals surface area contributed by atoms with Gasteiger partial charge in [-0.2, -0.15) is 13.2 Å². The third-order valence-corrected chi connectivity index (χ3v) is 8.42. The minimum Gasteiger partial charge on any atom is -0.490 e. The fourth-order valence-corrected chi connectivity index (χ4v) is 6.21. The molecular weight excluding hydrogens is 534 g/mol. The third-order valence-electron chi connectivity index (χ3n) is 8.42. The zero-order valence-electron chi connectivity index (χ0n) is 21.6. The molecule has 8 nitrogen and oxygen atoms in total. The van der Waals surface area contributed by atoms with Crippen molar-refractivity contribution in [2.24, 2.45) is 0 Å². The number of aliphatic hydroxyl groups excluding tert-OH is 1. The minimum atomic E-state index is -5.16. The Kier molecular flexibility index (Phi) is 5.70. The Labute approximate surface area is 224 Å². The second-order valence-electron chi connectivity index (χ2n) is 10.5. The van der Waals surface area contributed by atoms with Gasteiger partial charge in [-0.25, -0.2) is 9.37 Å². The summed E-state index contributed by atoms with van der Waals surface area (Å²) >= 11 is 0. The van der Waals surface area contributed by atoms with Crippen LogP contribution in [-0.4, -0.2) is 38.0 Å². The first-order valence-corrected chi connectivity index (χ1v) is 12.8. The van der Waals surface area contributed by atoms with Crippen LogP contribution in [0, 0.1) is 12.7 Å². The number of aromatic nitrogens is 2. The number of halogens is 4. The molecule has 0 fully saturated rings. The van der Waals surface area contributed by atoms with Gasteiger partial charge in [-0.1, -0.05) is 13.5 Å². The largest absolute Gasteiger partial charge is 0.490 e. The summed E-state index contributed by atoms with van der Waals surface area (Å²) in [6, 6.07) is 1.89. The van der Waals surface area contributed by atoms with Crippen LogP contribution in [0.25, 0.3) is 22.3 Å². The van der Waals surface area contributed by atoms with E-state index in [0.717, 1.165) is 0 Å². The van der Waals surface area contributed by atoms with Crippen LogP contribution < -0.4 is 10.9 Å². The Bertz CT molecular complexity index is 1710. The average molecular weight is 560 g/mol. The molecule has 3 N–H and O–H groups in total. The van der Waals surface area contributed by atoms with E-state index in [0.29, 0.717) is 44.6 Å². The fraction of sp³-hybridized carbons (Fsp3) is 0.393. The monoisotopic (exact) mass is 559 g/mol. The number of aryl methyl sites for hydroxylation is 1. The zero-order chi connectivity index (χ0) is 28.9. The Morgan fingerprint density at radius 1 is 1.32 bits per heavy atom. The molecule has 210 valence electrons. The van der Waals surface area contributed by atoms with Crippen molar-refractivity contribution in [1.82, 2.24) is 14.9 Å². The molecule has 12 heteroatoms. The molecule has 1 amide bonds. The number of fused-ring (bicyclic) bond motifs is 5. The molecule has 0 bridgehead atoms. The highest BCUT2D eigenvalue weighted by Gasteiger charge is 2.46. The Morgan fingerprint density at radius 2 is 2.05 bits per heavy atom. The van der Waals surface area contributed by atoms with Gasteiger partial charge in [-0.15, -0.1) is 0 Å². The van der Waals surface area contributed by atoms with Crippen LogP contribution in [0.4, 0.5) is 17.6 Å². The molecule has 2 aliphatic heterocycles. The molecule has 0 saturated heterocycles. The highest BCUT2D eigenvalue weighted by Crippen LogP contribution is 2.46. The number of ether oxygens (including phenoxy) is 1. The zero-order valence-corrected chi connectivity index (χ0v) is 21.6. The predicted molar refractivity (Wildman–Crippen MR) is 135 cm³/mol. The first kappa shape index (κ1) is 26.5. The molecule has 0 radical (unpaired) electrons. The van der Waals surface area contributed by atoms with Crippen LogP contribution in [0.3, 0.4) is 0 Å². The molecule has 3 atom stereocenters. The summed E-state index contributed by atoms with van der Waals surface area (Å²) in [6.07, 6.45) is -7.80. The van der Waals surface area contributed by atoms with Gasteiger partial charge in [-0.05, 0) is 48.9 Å². The van der Waals surface area contributed by atoms with E-state index in [4.69, 9.17) is 9.72 Å². The predicted octanol–water partition coefficient (Wildman–Crippen LogP) is 3.54. The molecule has 0 spiro atoms. The highest BCUT2D eigenvalue weighted by atomic mass is 19.4. The Morgan fingerprint density at radius 3 is 2.73 bits per heavy atom. The number of nitrogens with zero attached hydrogens (tertiary/aromatic N) is 2. The lowest BCUT2D eigenvalue weighted by Gasteiger charge is -2.35. The van der Waals surface area contributed by atoms with Gasteiger partial charge < -0.3 is 24.8 Å². The molecule has 2 aromatic heterocycles. The number of pyridine rings is 2. The lowest BCUT2D eigenvalue weighted by molar-refractivity contribution is -0.205. The summed E-state index contributed by atoms with van der Waals surface area (Å²) in [5, 5.41) is 23.7. The number of benzene rings is 1. The molecule has 1 aromatic carbocycles. The van der Waals surface area contributed by atoms with Crippen molar-refractivity contribution in [3.05, 3.63) is 74.0 Å². The van der Waals surface area contributed by atoms with Crippen molar-refractivity contribution in [3.8, 4) is 11.4 Å². The minimum absolute atomic E-state index is 0.00931. The molecule has 3 aliphatic rings. The van der Waals surface area contributed by atoms with E-state index >= 15 is 0 Å². The molecule has 6 rings (SSSR count). The lowest BCUT2D eigenvalue weighted by Crippen LogP contribution is -2.45. The van der Waals surface area contributed by atoms with E-state index in [2.05, 4.69) is 11.9 Å². The second-order valence-corrected chi connectivity index (χ2v) is 10.5. The molecule has 40 heavy (non-hydrogen) atoms. The summed E-state index contributed by atoms with van der Waals surface area (Å²) in [7, 11) is 0. The maximum absolute atomic E-state index is 14.9. The molecule has 1 aliphatic carbocycles. The number of hydrogen-bond donors (Lipinski definition) is 3. The SMILES string of the molecule is C=C1OCc2c(cc3n(c2=O)Cc2c-3nc3cc(F)c(C)c4c3c2[C@@H](NC(=O)[C@H](O)C(F)(F)F)CC4)[C@@]1(O)CC. The van der Waals surface area contributed by atoms with Crippen molar-refractivity contribution in [3.63, 3.8) is 0 Å². The molecule has 3 aromatic rings. The Hall–Kier alpha value is -3.77. The fourth-order valence-electron chi connectivity index (χ4n) is 6.21. The first-order valence-electron chi connectivity index (χ1n) is 12.8. The van der Waals surface area contributed by atoms with Crippen LogP contribution >= 0.6 is 0 Å². The summed E-state index contributed by atoms with van der Waals surface area (Å²) in [4.78, 5) is 30.8. The van der Waals surface area contributed by atoms with Crippen LogP contribution in [0.5, 0.6) is 0 Å². The topological polar surface area (TPSA) is 114 Å². The maximum Gasteiger partial charge on any atom is 0.423 e. The number of aliphatic hydroxyl groups is 2. The summed E-state index contributed by atoms with van der Waals surface area (Å²) in [5.41, 5.74) is 1.26. The van der Waals surface area contributed by atoms with Crippen molar-refractivity contribution in [2.75, 3.05) is 0 Å². The quantitative estimate of drug-likeness (QED) is 0.331. The van der Waals surface area contributed by atoms with E-state index in [-0.39, 0.29) is 49.3 Å². The molecule has 0 unspecified atom stereocenters. The van der Waals surface area contributed by atoms with Gasteiger partial charge in [0.2, 0.25) is 6.10 Å². The molecule has 4 heterocycles. The van der Waals surface area contributed by atoms with E-state index in [1.807, 2.05) is 0 Å². The van der Waals surface area contributed by atoms with Gasteiger partial charge in [0.15, 0.2) is 0 Å². The molecular formula is C28H25F4N3O5. The van der Waals surface area contributed by atoms with Gasteiger partial charge in [0, 0.05) is 22.6 Å². The van der Waals surface area contributed by atoms with E-state index in [1.54, 1.807) is 19.9 Å². The third kappa shape index (κ3) is 3.55. The smallest absolute Gasteiger partial charge is 0.423 e. The number of carbonyl (C=O) groups excluding carboxylic acids is 1. The first-order chi connectivity index (χ1) is 18.8.